The molecule has 1 aliphatic heterocycles. The Morgan fingerprint density at radius 3 is 2.89 bits per heavy atom. The normalized spacial score (nSPS) is 25.5. The molecule has 0 radical (unpaired) electrons. The molecule has 5 heteroatoms. The number of nitrogens with zero attached hydrogens (tertiary/aromatic N) is 3. The highest BCUT2D eigenvalue weighted by molar-refractivity contribution is 4.89. The Morgan fingerprint density at radius 1 is 1.37 bits per heavy atom. The molecule has 0 amide bonds. The first kappa shape index (κ1) is 14.3. The van der Waals surface area contributed by atoms with Crippen LogP contribution in [0.3, 0.4) is 0 Å². The highest BCUT2D eigenvalue weighted by Gasteiger charge is 2.32. The minimum atomic E-state index is -0.0669. The maximum atomic E-state index is 8.97. The van der Waals surface area contributed by atoms with E-state index >= 15 is 0 Å². The second-order valence-electron chi connectivity index (χ2n) is 5.40. The summed E-state index contributed by atoms with van der Waals surface area (Å²) in [5, 5.41) is 20.8. The lowest BCUT2D eigenvalue weighted by Gasteiger charge is -2.33. The zero-order valence-electron chi connectivity index (χ0n) is 11.3. The molecule has 5 nitrogen and oxygen atoms in total. The summed E-state index contributed by atoms with van der Waals surface area (Å²) in [5.41, 5.74) is 0. The van der Waals surface area contributed by atoms with Crippen molar-refractivity contribution in [2.24, 2.45) is 5.92 Å². The van der Waals surface area contributed by atoms with Crippen LogP contribution in [0.2, 0.25) is 0 Å². The lowest BCUT2D eigenvalue weighted by Crippen LogP contribution is -2.47. The minimum Gasteiger partial charge on any atom is -0.374 e. The lowest BCUT2D eigenvalue weighted by atomic mass is 10.1. The summed E-state index contributed by atoms with van der Waals surface area (Å²) in [4.78, 5) is 2.52. The molecule has 0 aromatic rings. The van der Waals surface area contributed by atoms with Crippen LogP contribution in [0, 0.1) is 28.6 Å². The molecule has 0 spiro atoms. The molecule has 2 rings (SSSR count). The third-order valence-electron chi connectivity index (χ3n) is 3.78. The van der Waals surface area contributed by atoms with Crippen LogP contribution in [0.25, 0.3) is 0 Å². The Bertz CT molecular complexity index is 355. The van der Waals surface area contributed by atoms with Gasteiger partial charge in [0.25, 0.3) is 0 Å². The van der Waals surface area contributed by atoms with Gasteiger partial charge in [-0.1, -0.05) is 0 Å². The fourth-order valence-corrected chi connectivity index (χ4v) is 2.51. The predicted octanol–water partition coefficient (Wildman–Crippen LogP) is 0.883. The summed E-state index contributed by atoms with van der Waals surface area (Å²) in [6, 6.07) is 5.13. The van der Waals surface area contributed by atoms with Gasteiger partial charge in [0.15, 0.2) is 0 Å². The van der Waals surface area contributed by atoms with E-state index in [1.54, 1.807) is 0 Å². The Morgan fingerprint density at radius 2 is 2.21 bits per heavy atom. The molecule has 104 valence electrons. The van der Waals surface area contributed by atoms with E-state index < -0.39 is 0 Å². The molecule has 0 aromatic carbocycles. The smallest absolute Gasteiger partial charge is 0.0826 e. The maximum Gasteiger partial charge on any atom is 0.0826 e. The Labute approximate surface area is 115 Å². The summed E-state index contributed by atoms with van der Waals surface area (Å²) in [6.45, 7) is 4.34. The number of rotatable bonds is 7. The van der Waals surface area contributed by atoms with Crippen LogP contribution in [-0.4, -0.2) is 49.8 Å². The number of hydrogen-bond acceptors (Lipinski definition) is 5. The highest BCUT2D eigenvalue weighted by atomic mass is 16.5. The molecule has 2 fully saturated rings. The predicted molar refractivity (Wildman–Crippen MR) is 71.2 cm³/mol. The Hall–Kier alpha value is -1.14. The molecule has 0 bridgehead atoms. The van der Waals surface area contributed by atoms with Crippen LogP contribution >= 0.6 is 0 Å². The summed E-state index contributed by atoms with van der Waals surface area (Å²) >= 11 is 0. The van der Waals surface area contributed by atoms with E-state index in [-0.39, 0.29) is 12.0 Å². The second kappa shape index (κ2) is 7.45. The molecular formula is C14H22N4O. The van der Waals surface area contributed by atoms with Gasteiger partial charge in [0.1, 0.15) is 0 Å². The largest absolute Gasteiger partial charge is 0.374 e. The van der Waals surface area contributed by atoms with E-state index in [0.29, 0.717) is 19.4 Å². The van der Waals surface area contributed by atoms with Gasteiger partial charge in [0.05, 0.1) is 30.8 Å². The van der Waals surface area contributed by atoms with Crippen molar-refractivity contribution in [3.05, 3.63) is 0 Å². The number of nitriles is 2. The SMILES string of the molecule is N#CCC[C@@H](C#N)CNC[C@H]1CN(C2CC2)CCO1. The van der Waals surface area contributed by atoms with Crippen LogP contribution in [-0.2, 0) is 4.74 Å². The molecule has 1 aliphatic carbocycles. The number of ether oxygens (including phenoxy) is 1. The van der Waals surface area contributed by atoms with E-state index in [2.05, 4.69) is 22.4 Å². The molecule has 1 heterocycles. The van der Waals surface area contributed by atoms with Gasteiger partial charge in [-0.25, -0.2) is 0 Å². The van der Waals surface area contributed by atoms with Crippen molar-refractivity contribution in [2.75, 3.05) is 32.8 Å². The molecule has 2 aliphatic rings. The van der Waals surface area contributed by atoms with Gasteiger partial charge in [-0.05, 0) is 19.3 Å². The van der Waals surface area contributed by atoms with Crippen LogP contribution in [0.15, 0.2) is 0 Å². The van der Waals surface area contributed by atoms with Gasteiger partial charge < -0.3 is 10.1 Å². The van der Waals surface area contributed by atoms with E-state index in [1.165, 1.54) is 12.8 Å². The fourth-order valence-electron chi connectivity index (χ4n) is 2.51. The van der Waals surface area contributed by atoms with Crippen molar-refractivity contribution in [1.29, 1.82) is 10.5 Å². The quantitative estimate of drug-likeness (QED) is 0.737. The molecule has 0 unspecified atom stereocenters. The minimum absolute atomic E-state index is 0.0669. The standard InChI is InChI=1S/C14H22N4O/c15-5-1-2-12(8-16)9-17-10-14-11-18(6-7-19-14)13-3-4-13/h12-14,17H,1-4,6-7,9-11H2/t12-,14-/m0/s1. The molecule has 0 aromatic heterocycles. The third-order valence-corrected chi connectivity index (χ3v) is 3.78. The number of nitrogens with one attached hydrogen (secondary N) is 1. The third kappa shape index (κ3) is 4.80. The highest BCUT2D eigenvalue weighted by Crippen LogP contribution is 2.28. The average Bonchev–Trinajstić information content (AvgIpc) is 3.27. The molecule has 1 N–H and O–H groups in total. The Kier molecular flexibility index (Phi) is 5.60. The monoisotopic (exact) mass is 262 g/mol. The van der Waals surface area contributed by atoms with Crippen molar-refractivity contribution in [3.8, 4) is 12.1 Å². The van der Waals surface area contributed by atoms with Crippen molar-refractivity contribution in [2.45, 2.75) is 37.8 Å². The summed E-state index contributed by atoms with van der Waals surface area (Å²) in [5.74, 6) is -0.0669. The van der Waals surface area contributed by atoms with Crippen molar-refractivity contribution in [1.82, 2.24) is 10.2 Å². The van der Waals surface area contributed by atoms with E-state index in [0.717, 1.165) is 32.3 Å². The van der Waals surface area contributed by atoms with E-state index in [1.807, 2.05) is 0 Å². The van der Waals surface area contributed by atoms with Crippen molar-refractivity contribution in [3.63, 3.8) is 0 Å². The van der Waals surface area contributed by atoms with Gasteiger partial charge in [-0.2, -0.15) is 10.5 Å². The molecular weight excluding hydrogens is 240 g/mol. The zero-order valence-corrected chi connectivity index (χ0v) is 11.3. The van der Waals surface area contributed by atoms with Crippen LogP contribution in [0.4, 0.5) is 0 Å². The fraction of sp³-hybridized carbons (Fsp3) is 0.857. The zero-order chi connectivity index (χ0) is 13.5. The summed E-state index contributed by atoms with van der Waals surface area (Å²) in [7, 11) is 0. The van der Waals surface area contributed by atoms with Crippen molar-refractivity contribution < 1.29 is 4.74 Å². The van der Waals surface area contributed by atoms with E-state index in [9.17, 15) is 0 Å². The lowest BCUT2D eigenvalue weighted by molar-refractivity contribution is -0.0301. The van der Waals surface area contributed by atoms with Gasteiger partial charge in [0, 0.05) is 38.6 Å². The molecule has 2 atom stereocenters. The van der Waals surface area contributed by atoms with Crippen molar-refractivity contribution >= 4 is 0 Å². The van der Waals surface area contributed by atoms with Gasteiger partial charge in [-0.15, -0.1) is 0 Å². The first-order chi connectivity index (χ1) is 9.33. The summed E-state index contributed by atoms with van der Waals surface area (Å²) in [6.07, 6.45) is 4.02. The number of hydrogen-bond donors (Lipinski definition) is 1. The van der Waals surface area contributed by atoms with Gasteiger partial charge in [-0.3, -0.25) is 4.90 Å². The van der Waals surface area contributed by atoms with Gasteiger partial charge in [0.2, 0.25) is 0 Å². The first-order valence-electron chi connectivity index (χ1n) is 7.16. The number of morpholine rings is 1. The van der Waals surface area contributed by atoms with E-state index in [4.69, 9.17) is 15.3 Å². The topological polar surface area (TPSA) is 72.1 Å². The van der Waals surface area contributed by atoms with Crippen LogP contribution in [0.1, 0.15) is 25.7 Å². The van der Waals surface area contributed by atoms with Crippen LogP contribution < -0.4 is 5.32 Å². The molecule has 1 saturated carbocycles. The molecule has 1 saturated heterocycles. The first-order valence-corrected chi connectivity index (χ1v) is 7.16. The molecule has 19 heavy (non-hydrogen) atoms. The Balaban J connectivity index is 1.61. The summed E-state index contributed by atoms with van der Waals surface area (Å²) < 4.78 is 5.74. The maximum absolute atomic E-state index is 8.97. The average molecular weight is 262 g/mol. The van der Waals surface area contributed by atoms with Crippen LogP contribution in [0.5, 0.6) is 0 Å². The van der Waals surface area contributed by atoms with Gasteiger partial charge >= 0.3 is 0 Å². The second-order valence-corrected chi connectivity index (χ2v) is 5.40.